The van der Waals surface area contributed by atoms with E-state index in [1.165, 1.54) is 19.4 Å². The third-order valence-electron chi connectivity index (χ3n) is 4.03. The largest absolute Gasteiger partial charge is 0.387 e. The highest BCUT2D eigenvalue weighted by atomic mass is 16.3. The molecule has 2 rings (SSSR count). The number of nitrogens with zero attached hydrogens (tertiary/aromatic N) is 2. The quantitative estimate of drug-likeness (QED) is 0.746. The van der Waals surface area contributed by atoms with Gasteiger partial charge in [-0.15, -0.1) is 0 Å². The van der Waals surface area contributed by atoms with Crippen LogP contribution in [0.15, 0.2) is 12.2 Å². The third-order valence-corrected chi connectivity index (χ3v) is 4.03. The van der Waals surface area contributed by atoms with Crippen molar-refractivity contribution in [1.29, 1.82) is 0 Å². The number of amides is 1. The van der Waals surface area contributed by atoms with Crippen LogP contribution in [0.5, 0.6) is 0 Å². The molecule has 1 saturated heterocycles. The molecule has 4 heteroatoms. The molecule has 1 N–H and O–H groups in total. The van der Waals surface area contributed by atoms with Crippen molar-refractivity contribution in [2.24, 2.45) is 0 Å². The van der Waals surface area contributed by atoms with Gasteiger partial charge in [0.05, 0.1) is 0 Å². The van der Waals surface area contributed by atoms with E-state index in [-0.39, 0.29) is 12.5 Å². The van der Waals surface area contributed by atoms with Crippen molar-refractivity contribution in [2.45, 2.75) is 38.1 Å². The van der Waals surface area contributed by atoms with Gasteiger partial charge in [0.25, 0.3) is 0 Å². The van der Waals surface area contributed by atoms with Crippen LogP contribution < -0.4 is 0 Å². The molecule has 102 valence electrons. The van der Waals surface area contributed by atoms with Crippen molar-refractivity contribution in [3.63, 3.8) is 0 Å². The summed E-state index contributed by atoms with van der Waals surface area (Å²) in [5.41, 5.74) is 0. The van der Waals surface area contributed by atoms with Gasteiger partial charge in [-0.05, 0) is 38.6 Å². The molecule has 0 saturated carbocycles. The Morgan fingerprint density at radius 1 is 1.11 bits per heavy atom. The number of aliphatic hydroxyl groups is 1. The summed E-state index contributed by atoms with van der Waals surface area (Å²) in [5, 5.41) is 8.86. The van der Waals surface area contributed by atoms with Gasteiger partial charge in [-0.2, -0.15) is 0 Å². The van der Waals surface area contributed by atoms with Crippen LogP contribution in [0, 0.1) is 0 Å². The smallest absolute Gasteiger partial charge is 0.248 e. The van der Waals surface area contributed by atoms with Crippen LogP contribution in [0.3, 0.4) is 0 Å². The summed E-state index contributed by atoms with van der Waals surface area (Å²) in [7, 11) is 0. The van der Waals surface area contributed by atoms with Gasteiger partial charge in [-0.25, -0.2) is 0 Å². The monoisotopic (exact) mass is 252 g/mol. The first-order valence-corrected chi connectivity index (χ1v) is 7.09. The molecule has 0 spiro atoms. The summed E-state index contributed by atoms with van der Waals surface area (Å²) < 4.78 is 0. The second kappa shape index (κ2) is 6.90. The number of hydrogen-bond acceptors (Lipinski definition) is 3. The van der Waals surface area contributed by atoms with Crippen molar-refractivity contribution in [1.82, 2.24) is 9.80 Å². The minimum Gasteiger partial charge on any atom is -0.387 e. The summed E-state index contributed by atoms with van der Waals surface area (Å²) in [6.07, 6.45) is 10.3. The predicted molar refractivity (Wildman–Crippen MR) is 71.3 cm³/mol. The molecule has 0 aliphatic carbocycles. The highest BCUT2D eigenvalue weighted by Gasteiger charge is 2.26. The molecule has 0 aromatic heterocycles. The van der Waals surface area contributed by atoms with Crippen LogP contribution in [-0.4, -0.2) is 59.6 Å². The Balaban J connectivity index is 1.81. The lowest BCUT2D eigenvalue weighted by molar-refractivity contribution is -0.135. The normalized spacial score (nSPS) is 25.5. The summed E-state index contributed by atoms with van der Waals surface area (Å²) >= 11 is 0. The first-order chi connectivity index (χ1) is 8.81. The Morgan fingerprint density at radius 2 is 1.83 bits per heavy atom. The highest BCUT2D eigenvalue weighted by Crippen LogP contribution is 2.18. The average Bonchev–Trinajstić information content (AvgIpc) is 2.38. The van der Waals surface area contributed by atoms with E-state index in [2.05, 4.69) is 17.1 Å². The van der Waals surface area contributed by atoms with Gasteiger partial charge in [0, 0.05) is 25.7 Å². The third kappa shape index (κ3) is 3.56. The Labute approximate surface area is 109 Å². The second-order valence-electron chi connectivity index (χ2n) is 5.21. The number of likely N-dealkylation sites (tertiary alicyclic amines) is 1. The highest BCUT2D eigenvalue weighted by molar-refractivity contribution is 5.77. The zero-order valence-corrected chi connectivity index (χ0v) is 11.1. The Bertz CT molecular complexity index is 296. The van der Waals surface area contributed by atoms with Crippen LogP contribution in [0.1, 0.15) is 32.1 Å². The zero-order chi connectivity index (χ0) is 12.8. The first kappa shape index (κ1) is 13.6. The fourth-order valence-electron chi connectivity index (χ4n) is 2.95. The molecular formula is C14H24N2O2. The minimum atomic E-state index is -0.348. The van der Waals surface area contributed by atoms with Gasteiger partial charge in [0.1, 0.15) is 6.61 Å². The van der Waals surface area contributed by atoms with E-state index in [0.29, 0.717) is 6.04 Å². The topological polar surface area (TPSA) is 43.8 Å². The van der Waals surface area contributed by atoms with Crippen molar-refractivity contribution in [3.8, 4) is 0 Å². The summed E-state index contributed by atoms with van der Waals surface area (Å²) in [5.74, 6) is -0.121. The lowest BCUT2D eigenvalue weighted by Gasteiger charge is -2.38. The number of carbonyl (C=O) groups excluding carboxylic acids is 1. The molecule has 2 heterocycles. The molecule has 2 aliphatic heterocycles. The molecule has 0 unspecified atom stereocenters. The van der Waals surface area contributed by atoms with E-state index in [4.69, 9.17) is 5.11 Å². The van der Waals surface area contributed by atoms with Gasteiger partial charge in [0.2, 0.25) is 5.91 Å². The van der Waals surface area contributed by atoms with Crippen LogP contribution in [0.2, 0.25) is 0 Å². The summed E-state index contributed by atoms with van der Waals surface area (Å²) in [6, 6.07) is 0.624. The molecule has 2 aliphatic rings. The van der Waals surface area contributed by atoms with Crippen molar-refractivity contribution < 1.29 is 9.90 Å². The van der Waals surface area contributed by atoms with Crippen LogP contribution in [0.4, 0.5) is 0 Å². The van der Waals surface area contributed by atoms with E-state index in [9.17, 15) is 4.79 Å². The van der Waals surface area contributed by atoms with Gasteiger partial charge in [-0.1, -0.05) is 12.2 Å². The summed E-state index contributed by atoms with van der Waals surface area (Å²) in [4.78, 5) is 15.8. The molecule has 18 heavy (non-hydrogen) atoms. The number of hydrogen-bond donors (Lipinski definition) is 1. The van der Waals surface area contributed by atoms with Crippen molar-refractivity contribution >= 4 is 5.91 Å². The molecule has 1 fully saturated rings. The standard InChI is InChI=1S/C14H24N2O2/c17-12-14(18)16-10-6-13(7-11-16)15-8-4-2-1-3-5-9-15/h1-2,13,17H,3-12H2/b2-1-. The molecule has 0 aromatic carbocycles. The fourth-order valence-corrected chi connectivity index (χ4v) is 2.95. The fraction of sp³-hybridized carbons (Fsp3) is 0.786. The number of allylic oxidation sites excluding steroid dienone is 1. The maximum Gasteiger partial charge on any atom is 0.248 e. The van der Waals surface area contributed by atoms with E-state index in [0.717, 1.165) is 38.9 Å². The molecule has 0 aromatic rings. The molecular weight excluding hydrogens is 228 g/mol. The van der Waals surface area contributed by atoms with Crippen molar-refractivity contribution in [3.05, 3.63) is 12.2 Å². The van der Waals surface area contributed by atoms with Gasteiger partial charge < -0.3 is 10.0 Å². The van der Waals surface area contributed by atoms with Gasteiger partial charge >= 0.3 is 0 Å². The van der Waals surface area contributed by atoms with E-state index < -0.39 is 0 Å². The van der Waals surface area contributed by atoms with Crippen LogP contribution >= 0.6 is 0 Å². The lowest BCUT2D eigenvalue weighted by atomic mass is 10.0. The van der Waals surface area contributed by atoms with Gasteiger partial charge in [-0.3, -0.25) is 9.69 Å². The SMILES string of the molecule is O=C(CO)N1CCC(N2CC/C=C\CCC2)CC1. The lowest BCUT2D eigenvalue weighted by Crippen LogP contribution is -2.48. The van der Waals surface area contributed by atoms with Crippen molar-refractivity contribution in [2.75, 3.05) is 32.8 Å². The maximum absolute atomic E-state index is 11.4. The molecule has 1 amide bonds. The zero-order valence-electron chi connectivity index (χ0n) is 11.1. The van der Waals surface area contributed by atoms with E-state index in [1.807, 2.05) is 0 Å². The Hall–Kier alpha value is -0.870. The predicted octanol–water partition coefficient (Wildman–Crippen LogP) is 1.01. The minimum absolute atomic E-state index is 0.121. The Morgan fingerprint density at radius 3 is 2.56 bits per heavy atom. The second-order valence-corrected chi connectivity index (χ2v) is 5.21. The number of carbonyl (C=O) groups is 1. The average molecular weight is 252 g/mol. The van der Waals surface area contributed by atoms with E-state index >= 15 is 0 Å². The maximum atomic E-state index is 11.4. The summed E-state index contributed by atoms with van der Waals surface area (Å²) in [6.45, 7) is 3.59. The molecule has 0 radical (unpaired) electrons. The Kier molecular flexibility index (Phi) is 5.20. The molecule has 0 atom stereocenters. The van der Waals surface area contributed by atoms with Crippen LogP contribution in [-0.2, 0) is 4.79 Å². The number of piperidine rings is 1. The molecule has 0 bridgehead atoms. The number of rotatable bonds is 2. The van der Waals surface area contributed by atoms with Crippen LogP contribution in [0.25, 0.3) is 0 Å². The first-order valence-electron chi connectivity index (χ1n) is 7.09. The van der Waals surface area contributed by atoms with Gasteiger partial charge in [0.15, 0.2) is 0 Å². The number of aliphatic hydroxyl groups excluding tert-OH is 1. The van der Waals surface area contributed by atoms with E-state index in [1.54, 1.807) is 4.90 Å². The molecule has 4 nitrogen and oxygen atoms in total.